The number of fused-ring (bicyclic) bond motifs is 1. The lowest BCUT2D eigenvalue weighted by atomic mass is 9.91. The molecule has 2 nitrogen and oxygen atoms in total. The minimum Gasteiger partial charge on any atom is -0.492 e. The third-order valence-electron chi connectivity index (χ3n) is 2.85. The Morgan fingerprint density at radius 3 is 2.93 bits per heavy atom. The van der Waals surface area contributed by atoms with E-state index in [-0.39, 0.29) is 6.04 Å². The molecule has 0 spiro atoms. The van der Waals surface area contributed by atoms with E-state index in [1.165, 1.54) is 30.4 Å². The Balaban J connectivity index is 2.16. The van der Waals surface area contributed by atoms with Gasteiger partial charge in [-0.25, -0.2) is 0 Å². The highest BCUT2D eigenvalue weighted by Crippen LogP contribution is 2.29. The molecule has 1 aromatic rings. The molecule has 1 aliphatic carbocycles. The number of ether oxygens (including phenoxy) is 1. The first-order valence-electron chi connectivity index (χ1n) is 5.76. The van der Waals surface area contributed by atoms with Gasteiger partial charge in [-0.1, -0.05) is 12.1 Å². The van der Waals surface area contributed by atoms with E-state index in [1.807, 2.05) is 6.92 Å². The Kier molecular flexibility index (Phi) is 3.27. The van der Waals surface area contributed by atoms with Crippen LogP contribution in [0.25, 0.3) is 0 Å². The van der Waals surface area contributed by atoms with Crippen molar-refractivity contribution < 1.29 is 4.74 Å². The zero-order valence-electron chi connectivity index (χ0n) is 9.33. The SMILES string of the molecule is C[C@@H](N)COc1cccc2c1CCCC2. The second-order valence-corrected chi connectivity index (χ2v) is 4.39. The minimum atomic E-state index is 0.101. The summed E-state index contributed by atoms with van der Waals surface area (Å²) >= 11 is 0. The molecule has 1 atom stereocenters. The maximum atomic E-state index is 5.74. The number of hydrogen-bond acceptors (Lipinski definition) is 2. The molecule has 0 heterocycles. The Morgan fingerprint density at radius 2 is 2.13 bits per heavy atom. The van der Waals surface area contributed by atoms with Crippen LogP contribution in [0.15, 0.2) is 18.2 Å². The molecule has 2 rings (SSSR count). The largest absolute Gasteiger partial charge is 0.492 e. The summed E-state index contributed by atoms with van der Waals surface area (Å²) in [6, 6.07) is 6.46. The maximum Gasteiger partial charge on any atom is 0.122 e. The van der Waals surface area contributed by atoms with Gasteiger partial charge in [-0.15, -0.1) is 0 Å². The van der Waals surface area contributed by atoms with Crippen molar-refractivity contribution in [2.24, 2.45) is 5.73 Å². The van der Waals surface area contributed by atoms with Gasteiger partial charge < -0.3 is 10.5 Å². The molecule has 1 aromatic carbocycles. The molecule has 0 unspecified atom stereocenters. The molecular weight excluding hydrogens is 186 g/mol. The Bertz CT molecular complexity index is 333. The van der Waals surface area contributed by atoms with Gasteiger partial charge >= 0.3 is 0 Å². The summed E-state index contributed by atoms with van der Waals surface area (Å²) in [7, 11) is 0. The van der Waals surface area contributed by atoms with Gasteiger partial charge in [0.15, 0.2) is 0 Å². The Labute approximate surface area is 91.4 Å². The molecule has 0 saturated heterocycles. The van der Waals surface area contributed by atoms with Crippen LogP contribution in [0.3, 0.4) is 0 Å². The summed E-state index contributed by atoms with van der Waals surface area (Å²) < 4.78 is 5.74. The van der Waals surface area contributed by atoms with E-state index in [0.29, 0.717) is 6.61 Å². The van der Waals surface area contributed by atoms with E-state index in [4.69, 9.17) is 10.5 Å². The highest BCUT2D eigenvalue weighted by molar-refractivity contribution is 5.41. The van der Waals surface area contributed by atoms with E-state index in [2.05, 4.69) is 18.2 Å². The number of rotatable bonds is 3. The zero-order chi connectivity index (χ0) is 10.7. The van der Waals surface area contributed by atoms with Gasteiger partial charge in [0.25, 0.3) is 0 Å². The van der Waals surface area contributed by atoms with Crippen molar-refractivity contribution in [2.75, 3.05) is 6.61 Å². The van der Waals surface area contributed by atoms with Crippen LogP contribution in [0.5, 0.6) is 5.75 Å². The van der Waals surface area contributed by atoms with E-state index in [9.17, 15) is 0 Å². The second kappa shape index (κ2) is 4.67. The van der Waals surface area contributed by atoms with Crippen molar-refractivity contribution in [3.8, 4) is 5.75 Å². The second-order valence-electron chi connectivity index (χ2n) is 4.39. The molecular formula is C13H19NO. The lowest BCUT2D eigenvalue weighted by molar-refractivity contribution is 0.292. The number of nitrogens with two attached hydrogens (primary N) is 1. The van der Waals surface area contributed by atoms with Gasteiger partial charge in [-0.2, -0.15) is 0 Å². The summed E-state index contributed by atoms with van der Waals surface area (Å²) in [5.74, 6) is 1.05. The molecule has 0 aromatic heterocycles. The monoisotopic (exact) mass is 205 g/mol. The lowest BCUT2D eigenvalue weighted by Crippen LogP contribution is -2.24. The molecule has 0 bridgehead atoms. The standard InChI is InChI=1S/C13H19NO/c1-10(14)9-15-13-8-4-6-11-5-2-3-7-12(11)13/h4,6,8,10H,2-3,5,7,9,14H2,1H3/t10-/m1/s1. The number of hydrogen-bond donors (Lipinski definition) is 1. The van der Waals surface area contributed by atoms with Crippen molar-refractivity contribution in [1.29, 1.82) is 0 Å². The molecule has 2 N–H and O–H groups in total. The summed E-state index contributed by atoms with van der Waals surface area (Å²) in [6.07, 6.45) is 4.95. The van der Waals surface area contributed by atoms with Crippen LogP contribution in [0.4, 0.5) is 0 Å². The predicted octanol–water partition coefficient (Wildman–Crippen LogP) is 2.29. The van der Waals surface area contributed by atoms with Crippen LogP contribution in [-0.2, 0) is 12.8 Å². The third-order valence-corrected chi connectivity index (χ3v) is 2.85. The fourth-order valence-corrected chi connectivity index (χ4v) is 2.10. The molecule has 15 heavy (non-hydrogen) atoms. The molecule has 0 amide bonds. The first-order chi connectivity index (χ1) is 7.27. The van der Waals surface area contributed by atoms with Gasteiger partial charge in [0.05, 0.1) is 0 Å². The summed E-state index contributed by atoms with van der Waals surface area (Å²) in [5, 5.41) is 0. The third kappa shape index (κ3) is 2.51. The van der Waals surface area contributed by atoms with Gasteiger partial charge in [-0.3, -0.25) is 0 Å². The lowest BCUT2D eigenvalue weighted by Gasteiger charge is -2.20. The molecule has 0 aliphatic heterocycles. The molecule has 0 saturated carbocycles. The molecule has 82 valence electrons. The summed E-state index contributed by atoms with van der Waals surface area (Å²) in [5.41, 5.74) is 8.56. The summed E-state index contributed by atoms with van der Waals surface area (Å²) in [6.45, 7) is 2.58. The highest BCUT2D eigenvalue weighted by Gasteiger charge is 2.13. The van der Waals surface area contributed by atoms with Crippen LogP contribution in [-0.4, -0.2) is 12.6 Å². The highest BCUT2D eigenvalue weighted by atomic mass is 16.5. The van der Waals surface area contributed by atoms with E-state index in [0.717, 1.165) is 12.2 Å². The van der Waals surface area contributed by atoms with Gasteiger partial charge in [-0.05, 0) is 49.8 Å². The van der Waals surface area contributed by atoms with Crippen LogP contribution in [0.2, 0.25) is 0 Å². The van der Waals surface area contributed by atoms with Crippen molar-refractivity contribution in [3.05, 3.63) is 29.3 Å². The topological polar surface area (TPSA) is 35.2 Å². The molecule has 0 fully saturated rings. The van der Waals surface area contributed by atoms with Crippen molar-refractivity contribution in [3.63, 3.8) is 0 Å². The molecule has 2 heteroatoms. The van der Waals surface area contributed by atoms with Crippen molar-refractivity contribution >= 4 is 0 Å². The Morgan fingerprint density at radius 1 is 1.33 bits per heavy atom. The van der Waals surface area contributed by atoms with Crippen LogP contribution >= 0.6 is 0 Å². The first-order valence-corrected chi connectivity index (χ1v) is 5.76. The zero-order valence-corrected chi connectivity index (χ0v) is 9.33. The fourth-order valence-electron chi connectivity index (χ4n) is 2.10. The van der Waals surface area contributed by atoms with E-state index in [1.54, 1.807) is 0 Å². The average Bonchev–Trinajstić information content (AvgIpc) is 2.26. The molecule has 1 aliphatic rings. The van der Waals surface area contributed by atoms with E-state index < -0.39 is 0 Å². The maximum absolute atomic E-state index is 5.74. The van der Waals surface area contributed by atoms with Crippen LogP contribution in [0, 0.1) is 0 Å². The van der Waals surface area contributed by atoms with Crippen molar-refractivity contribution in [1.82, 2.24) is 0 Å². The summed E-state index contributed by atoms with van der Waals surface area (Å²) in [4.78, 5) is 0. The predicted molar refractivity (Wildman–Crippen MR) is 62.2 cm³/mol. The van der Waals surface area contributed by atoms with Crippen LogP contribution < -0.4 is 10.5 Å². The first kappa shape index (κ1) is 10.5. The van der Waals surface area contributed by atoms with Crippen LogP contribution in [0.1, 0.15) is 30.9 Å². The normalized spacial score (nSPS) is 16.9. The average molecular weight is 205 g/mol. The molecule has 0 radical (unpaired) electrons. The smallest absolute Gasteiger partial charge is 0.122 e. The Hall–Kier alpha value is -1.02. The fraction of sp³-hybridized carbons (Fsp3) is 0.538. The number of aryl methyl sites for hydroxylation is 1. The van der Waals surface area contributed by atoms with Gasteiger partial charge in [0.1, 0.15) is 12.4 Å². The van der Waals surface area contributed by atoms with Gasteiger partial charge in [0.2, 0.25) is 0 Å². The van der Waals surface area contributed by atoms with Gasteiger partial charge in [0, 0.05) is 6.04 Å². The minimum absolute atomic E-state index is 0.101. The quantitative estimate of drug-likeness (QED) is 0.821. The van der Waals surface area contributed by atoms with E-state index >= 15 is 0 Å². The van der Waals surface area contributed by atoms with Crippen molar-refractivity contribution in [2.45, 2.75) is 38.6 Å². The number of benzene rings is 1.